The lowest BCUT2D eigenvalue weighted by Crippen LogP contribution is -2.67. The van der Waals surface area contributed by atoms with E-state index in [1.54, 1.807) is 55.1 Å². The predicted molar refractivity (Wildman–Crippen MR) is 515 cm³/mol. The molecule has 0 aliphatic carbocycles. The van der Waals surface area contributed by atoms with Gasteiger partial charge in [-0.2, -0.15) is 49.1 Å². The molecule has 702 valence electrons. The van der Waals surface area contributed by atoms with Crippen LogP contribution in [0.2, 0.25) is 82.2 Å². The lowest BCUT2D eigenvalue weighted by molar-refractivity contribution is 0.00578. The van der Waals surface area contributed by atoms with Crippen LogP contribution in [0.5, 0.6) is 0 Å². The van der Waals surface area contributed by atoms with Crippen molar-refractivity contribution >= 4 is 123 Å². The number of fused-ring (bicyclic) bond motifs is 4. The first-order valence-corrected chi connectivity index (χ1v) is 59.8. The molecule has 4 saturated heterocycles. The van der Waals surface area contributed by atoms with E-state index in [1.807, 2.05) is 137 Å². The van der Waals surface area contributed by atoms with Gasteiger partial charge in [0.1, 0.15) is 84.3 Å². The molecule has 45 heteroatoms. The number of H-pyrrole nitrogens is 3. The van der Waals surface area contributed by atoms with Crippen molar-refractivity contribution < 1.29 is 48.8 Å². The van der Waals surface area contributed by atoms with E-state index in [2.05, 4.69) is 141 Å². The van der Waals surface area contributed by atoms with E-state index in [0.717, 1.165) is 138 Å². The molecular weight excluding hydrogens is 1800 g/mol. The van der Waals surface area contributed by atoms with Crippen molar-refractivity contribution in [3.8, 4) is 52.0 Å². The minimum absolute atomic E-state index is 0.0385. The van der Waals surface area contributed by atoms with E-state index in [-0.39, 0.29) is 68.2 Å². The van der Waals surface area contributed by atoms with Gasteiger partial charge in [-0.1, -0.05) is 70.5 Å². The van der Waals surface area contributed by atoms with Crippen LogP contribution in [0, 0.1) is 67.6 Å². The largest absolute Gasteiger partial charge is 0.498 e. The number of ether oxygens (including phenoxy) is 3. The number of hydrogen-bond acceptors (Lipinski definition) is 26. The number of aromatic amines is 3. The molecule has 0 saturated carbocycles. The van der Waals surface area contributed by atoms with Crippen LogP contribution in [-0.4, -0.2) is 256 Å². The average Bonchev–Trinajstić information content (AvgIpc) is 1.66. The minimum Gasteiger partial charge on any atom is -0.399 e. The summed E-state index contributed by atoms with van der Waals surface area (Å²) in [6.45, 7) is 49.2. The summed E-state index contributed by atoms with van der Waals surface area (Å²) in [7, 11) is -13.2. The summed E-state index contributed by atoms with van der Waals surface area (Å²) in [5.41, 5.74) is 11.8. The Kier molecular flexibility index (Phi) is 32.3. The van der Waals surface area contributed by atoms with Crippen LogP contribution >= 0.6 is 11.6 Å². The Morgan fingerprint density at radius 2 is 0.977 bits per heavy atom. The van der Waals surface area contributed by atoms with Crippen LogP contribution in [0.25, 0.3) is 77.9 Å². The van der Waals surface area contributed by atoms with Gasteiger partial charge in [-0.05, 0) is 131 Å². The number of aryl methyl sites for hydroxylation is 4. The Morgan fingerprint density at radius 3 is 1.43 bits per heavy atom. The van der Waals surface area contributed by atoms with Crippen molar-refractivity contribution in [2.45, 2.75) is 209 Å². The summed E-state index contributed by atoms with van der Waals surface area (Å²) in [5, 5.41) is 54.7. The summed E-state index contributed by atoms with van der Waals surface area (Å²) in [5.74, 6) is -0.190. The van der Waals surface area contributed by atoms with Gasteiger partial charge in [-0.15, -0.1) is 0 Å². The van der Waals surface area contributed by atoms with Gasteiger partial charge in [-0.3, -0.25) is 19.6 Å². The van der Waals surface area contributed by atoms with Crippen LogP contribution in [0.3, 0.4) is 0 Å². The van der Waals surface area contributed by atoms with Gasteiger partial charge in [0.15, 0.2) is 0 Å². The first kappa shape index (κ1) is 102. The number of aromatic nitrogens is 20. The SMILES string of the molecule is CCS(=O)(=O)N1CC(=CC#N)C1.CCS(=O)(=O)N1CC(C(C)C#N)(n2cc(-c3ncnc4[nH]ccc34)c(C)n2)C1.CCS(=O)(=O)N1CC(CC#N)(n2cc(-c3ncnc4c3ccn4COCC[Si](C)(C)C)c(C)n2)C1.C[Si](C)(C)CCOCn1ccc2c(Cl)ncnc21.Cc1[nH]ncc1-c1ncnc2c1ccn2COCC[Si](C)(C)C.Cc1[nH]ncc1B1OC(C)(C)C(C)(C)O1. The minimum atomic E-state index is -3.31. The number of nitriles is 3. The standard InChI is InChI=1S/C23H33N7O3SSi.C18H21N7O2S.C16H23N5OSi.C12H18ClN3OSi.C10H17BN2O2.C7H10N2O2S/c1-6-34(31,32)29-14-23(15-29,8-9-24)30-13-20(18(2)27-30)21-19-7-10-28(22(19)26-16-25-21)17-33-11-12-35(3,4)5;1-4-28(26,27)24-9-18(10-24,12(2)7-19)25-8-15(13(3)23-25)16-14-5-6-20-17(14)22-11-21-16;1-12-14(9-19-20-12)15-13-5-6-21(16(13)18-10-17-15)11-22-7-8-23(2,3)4;1-18(2,3)7-6-17-9-16-5-4-10-11(13)14-8-15-12(10)16;1-7-8(6-12-13-7)11-14-9(2,3)10(4,5)15-11;1-2-12(10,11)9-5-7(6-9)3-4-8/h7,10,13,16H,6,8,11-12,14-15,17H2,1-5H3;5-6,8,11-12H,4,9-10H2,1-3H3,(H,20,21,22);5-6,9-10H,7-8,11H2,1-4H3,(H,19,20);4-5,8H,6-7,9H2,1-3H3;6H,1-5H3,(H,12,13);3H,2,5-6H2,1H3. The number of hydrogen-bond donors (Lipinski definition) is 3. The zero-order chi connectivity index (χ0) is 95.6. The topological polar surface area (TPSA) is 456 Å². The van der Waals surface area contributed by atoms with E-state index in [9.17, 15) is 35.8 Å². The predicted octanol–water partition coefficient (Wildman–Crippen LogP) is 12.8. The summed E-state index contributed by atoms with van der Waals surface area (Å²) < 4.78 is 114. The van der Waals surface area contributed by atoms with Gasteiger partial charge >= 0.3 is 7.12 Å². The molecule has 131 heavy (non-hydrogen) atoms. The number of nitrogens with zero attached hydrogens (tertiary/aromatic N) is 23. The van der Waals surface area contributed by atoms with Crippen LogP contribution in [0.1, 0.15) is 84.6 Å². The van der Waals surface area contributed by atoms with Gasteiger partial charge < -0.3 is 42.2 Å². The Hall–Kier alpha value is -9.93. The average molecular weight is 1920 g/mol. The molecule has 4 fully saturated rings. The quantitative estimate of drug-likeness (QED) is 0.0170. The van der Waals surface area contributed by atoms with Crippen LogP contribution in [-0.2, 0) is 84.9 Å². The Labute approximate surface area is 775 Å². The fourth-order valence-corrected chi connectivity index (χ4v) is 20.6. The Morgan fingerprint density at radius 1 is 0.550 bits per heavy atom. The third-order valence-corrected chi connectivity index (χ3v) is 34.7. The molecule has 4 aliphatic rings. The molecule has 0 spiro atoms. The second-order valence-electron chi connectivity index (χ2n) is 37.7. The highest BCUT2D eigenvalue weighted by molar-refractivity contribution is 7.89. The first-order chi connectivity index (χ1) is 61.7. The normalized spacial score (nSPS) is 16.4. The van der Waals surface area contributed by atoms with E-state index in [4.69, 9.17) is 45.5 Å². The fourth-order valence-electron chi connectivity index (χ4n) is 14.6. The van der Waals surface area contributed by atoms with Crippen molar-refractivity contribution in [2.75, 3.05) is 76.3 Å². The number of halogens is 1. The molecular formula is C86H122BClN26O11S3Si3. The van der Waals surface area contributed by atoms with E-state index < -0.39 is 71.3 Å². The number of rotatable bonds is 29. The second kappa shape index (κ2) is 41.7. The zero-order valence-electron chi connectivity index (χ0n) is 78.8. The number of allylic oxidation sites excluding steroid dienone is 1. The lowest BCUT2D eigenvalue weighted by atomic mass is 9.79. The van der Waals surface area contributed by atoms with Gasteiger partial charge in [0.25, 0.3) is 0 Å². The summed E-state index contributed by atoms with van der Waals surface area (Å²) >= 11 is 5.99. The summed E-state index contributed by atoms with van der Waals surface area (Å²) in [4.78, 5) is 37.8. The van der Waals surface area contributed by atoms with Crippen molar-refractivity contribution in [3.05, 3.63) is 139 Å². The first-order valence-electron chi connectivity index (χ1n) is 43.5. The van der Waals surface area contributed by atoms with Crippen LogP contribution < -0.4 is 5.46 Å². The molecule has 16 heterocycles. The molecule has 1 unspecified atom stereocenters. The van der Waals surface area contributed by atoms with E-state index in [1.165, 1.54) is 50.1 Å². The maximum Gasteiger partial charge on any atom is 0.498 e. The monoisotopic (exact) mass is 1920 g/mol. The third-order valence-electron chi connectivity index (χ3n) is 23.9. The van der Waals surface area contributed by atoms with Crippen molar-refractivity contribution in [2.24, 2.45) is 5.92 Å². The molecule has 3 N–H and O–H groups in total. The van der Waals surface area contributed by atoms with Gasteiger partial charge in [0, 0.05) is 182 Å². The van der Waals surface area contributed by atoms with E-state index >= 15 is 0 Å². The third kappa shape index (κ3) is 24.0. The molecule has 0 aromatic carbocycles. The zero-order valence-corrected chi connectivity index (χ0v) is 85.0. The van der Waals surface area contributed by atoms with Crippen LogP contribution in [0.15, 0.2) is 111 Å². The highest BCUT2D eigenvalue weighted by Crippen LogP contribution is 2.42. The van der Waals surface area contributed by atoms with Gasteiger partial charge in [0.05, 0.1) is 99.1 Å². The number of sulfonamides is 3. The van der Waals surface area contributed by atoms with E-state index in [0.29, 0.717) is 38.4 Å². The fraction of sp³-hybridized carbons (Fsp3) is 0.523. The molecule has 12 aromatic heterocycles. The molecule has 1 atom stereocenters. The Balaban J connectivity index is 0.000000157. The smallest absolute Gasteiger partial charge is 0.399 e. The molecule has 4 aliphatic heterocycles. The van der Waals surface area contributed by atoms with Gasteiger partial charge in [0.2, 0.25) is 30.1 Å². The Bertz CT molecular complexity index is 6490. The maximum absolute atomic E-state index is 12.3. The van der Waals surface area contributed by atoms with Gasteiger partial charge in [-0.25, -0.2) is 65.1 Å². The highest BCUT2D eigenvalue weighted by atomic mass is 35.5. The molecule has 0 bridgehead atoms. The second-order valence-corrected chi connectivity index (χ2v) is 61.7. The molecule has 16 rings (SSSR count). The van der Waals surface area contributed by atoms with Crippen LogP contribution in [0.4, 0.5) is 0 Å². The maximum atomic E-state index is 12.3. The number of nitrogens with one attached hydrogen (secondary N) is 3. The van der Waals surface area contributed by atoms with Crippen molar-refractivity contribution in [3.63, 3.8) is 0 Å². The molecule has 0 amide bonds. The summed E-state index contributed by atoms with van der Waals surface area (Å²) in [6, 6.07) is 17.7. The lowest BCUT2D eigenvalue weighted by Gasteiger charge is -2.50. The summed E-state index contributed by atoms with van der Waals surface area (Å²) in [6.07, 6.45) is 22.7. The molecule has 0 radical (unpaired) electrons. The highest BCUT2D eigenvalue weighted by Gasteiger charge is 2.55. The molecule has 37 nitrogen and oxygen atoms in total. The van der Waals surface area contributed by atoms with Crippen molar-refractivity contribution in [1.82, 2.24) is 111 Å². The molecule has 12 aromatic rings. The van der Waals surface area contributed by atoms with Crippen molar-refractivity contribution in [1.29, 1.82) is 15.8 Å².